The third-order valence-corrected chi connectivity index (χ3v) is 12.0. The molecule has 258 valence electrons. The highest BCUT2D eigenvalue weighted by Crippen LogP contribution is 2.42. The molecule has 0 N–H and O–H groups in total. The normalized spacial score (nSPS) is 11.6. The average Bonchev–Trinajstić information content (AvgIpc) is 3.83. The number of fused-ring (bicyclic) bond motifs is 7. The van der Waals surface area contributed by atoms with Crippen LogP contribution in [-0.2, 0) is 0 Å². The van der Waals surface area contributed by atoms with Crippen LogP contribution >= 0.6 is 11.3 Å². The van der Waals surface area contributed by atoms with Gasteiger partial charge in [0.25, 0.3) is 0 Å². The SMILES string of the molecule is c1cc(-c2cccc3ccccc23)cc(N(c2ccc(-c3ccc4sc5ccccc5c4c3)cc2)c2ccc(-c3cccc4oc5ccccc5c34)cc2)c1. The van der Waals surface area contributed by atoms with E-state index in [9.17, 15) is 0 Å². The lowest BCUT2D eigenvalue weighted by Gasteiger charge is -2.26. The molecule has 11 rings (SSSR count). The fraction of sp³-hybridized carbons (Fsp3) is 0. The van der Waals surface area contributed by atoms with Crippen molar-refractivity contribution in [2.45, 2.75) is 0 Å². The number of benzene rings is 9. The summed E-state index contributed by atoms with van der Waals surface area (Å²) in [6, 6.07) is 72.3. The minimum Gasteiger partial charge on any atom is -0.456 e. The Labute approximate surface area is 322 Å². The lowest BCUT2D eigenvalue weighted by atomic mass is 9.97. The Balaban J connectivity index is 1.02. The highest BCUT2D eigenvalue weighted by molar-refractivity contribution is 7.25. The molecule has 0 unspecified atom stereocenters. The first-order chi connectivity index (χ1) is 27.2. The molecule has 0 aliphatic heterocycles. The predicted molar refractivity (Wildman–Crippen MR) is 235 cm³/mol. The first-order valence-corrected chi connectivity index (χ1v) is 19.5. The number of anilines is 3. The van der Waals surface area contributed by atoms with E-state index in [1.165, 1.54) is 58.8 Å². The van der Waals surface area contributed by atoms with Crippen molar-refractivity contribution < 1.29 is 4.42 Å². The second kappa shape index (κ2) is 12.9. The second-order valence-corrected chi connectivity index (χ2v) is 15.2. The molecule has 0 aliphatic carbocycles. The van der Waals surface area contributed by atoms with Crippen LogP contribution in [0.15, 0.2) is 205 Å². The van der Waals surface area contributed by atoms with Crippen LogP contribution in [0.1, 0.15) is 0 Å². The molecule has 0 fully saturated rings. The van der Waals surface area contributed by atoms with Crippen LogP contribution in [0, 0.1) is 0 Å². The molecule has 0 spiro atoms. The van der Waals surface area contributed by atoms with Gasteiger partial charge in [0.1, 0.15) is 11.2 Å². The maximum Gasteiger partial charge on any atom is 0.136 e. The predicted octanol–water partition coefficient (Wildman–Crippen LogP) is 15.6. The molecule has 0 saturated carbocycles. The summed E-state index contributed by atoms with van der Waals surface area (Å²) in [6.45, 7) is 0. The topological polar surface area (TPSA) is 16.4 Å². The summed E-state index contributed by atoms with van der Waals surface area (Å²) in [7, 11) is 0. The summed E-state index contributed by atoms with van der Waals surface area (Å²) < 4.78 is 8.88. The van der Waals surface area contributed by atoms with E-state index in [4.69, 9.17) is 4.42 Å². The molecular formula is C52H33NOS. The molecule has 55 heavy (non-hydrogen) atoms. The highest BCUT2D eigenvalue weighted by Gasteiger charge is 2.17. The molecule has 11 aromatic rings. The van der Waals surface area contributed by atoms with Gasteiger partial charge in [-0.1, -0.05) is 133 Å². The third-order valence-electron chi connectivity index (χ3n) is 10.9. The monoisotopic (exact) mass is 719 g/mol. The van der Waals surface area contributed by atoms with Crippen LogP contribution in [0.3, 0.4) is 0 Å². The quantitative estimate of drug-likeness (QED) is 0.170. The number of thiophene rings is 1. The van der Waals surface area contributed by atoms with Gasteiger partial charge in [-0.3, -0.25) is 0 Å². The van der Waals surface area contributed by atoms with Crippen molar-refractivity contribution in [3.05, 3.63) is 200 Å². The Morgan fingerprint density at radius 1 is 0.345 bits per heavy atom. The van der Waals surface area contributed by atoms with E-state index in [0.717, 1.165) is 44.6 Å². The average molecular weight is 720 g/mol. The van der Waals surface area contributed by atoms with Crippen LogP contribution in [0.4, 0.5) is 17.1 Å². The van der Waals surface area contributed by atoms with Gasteiger partial charge in [0.05, 0.1) is 0 Å². The summed E-state index contributed by atoms with van der Waals surface area (Å²) >= 11 is 1.86. The fourth-order valence-electron chi connectivity index (χ4n) is 8.25. The molecule has 9 aromatic carbocycles. The molecule has 0 aliphatic rings. The molecule has 2 heterocycles. The van der Waals surface area contributed by atoms with E-state index in [2.05, 4.69) is 193 Å². The summed E-state index contributed by atoms with van der Waals surface area (Å²) in [5.41, 5.74) is 12.2. The number of rotatable bonds is 6. The summed E-state index contributed by atoms with van der Waals surface area (Å²) in [5, 5.41) is 7.40. The van der Waals surface area contributed by atoms with Gasteiger partial charge in [-0.05, 0) is 111 Å². The Morgan fingerprint density at radius 3 is 1.82 bits per heavy atom. The lowest BCUT2D eigenvalue weighted by molar-refractivity contribution is 0.669. The Hall–Kier alpha value is -6.94. The van der Waals surface area contributed by atoms with Gasteiger partial charge in [-0.25, -0.2) is 0 Å². The summed E-state index contributed by atoms with van der Waals surface area (Å²) in [5.74, 6) is 0. The number of para-hydroxylation sites is 1. The van der Waals surface area contributed by atoms with E-state index < -0.39 is 0 Å². The Kier molecular flexibility index (Phi) is 7.39. The van der Waals surface area contributed by atoms with E-state index >= 15 is 0 Å². The molecule has 0 saturated heterocycles. The smallest absolute Gasteiger partial charge is 0.136 e. The van der Waals surface area contributed by atoms with Gasteiger partial charge < -0.3 is 9.32 Å². The first kappa shape index (κ1) is 31.6. The Morgan fingerprint density at radius 2 is 0.964 bits per heavy atom. The standard InChI is InChI=1S/C52H33NOS/c1-2-14-42-35(10-1)11-8-17-43(42)38-12-7-13-41(32-38)53(39-27-22-34(23-28-39)37-26-31-51-47(33-37)45-15-4-6-21-50(45)55-51)40-29-24-36(25-30-40)44-18-9-20-49-52(44)46-16-3-5-19-48(46)54-49/h1-33H. The molecule has 0 amide bonds. The van der Waals surface area contributed by atoms with Gasteiger partial charge in [-0.2, -0.15) is 0 Å². The van der Waals surface area contributed by atoms with Gasteiger partial charge in [0.2, 0.25) is 0 Å². The number of hydrogen-bond acceptors (Lipinski definition) is 3. The van der Waals surface area contributed by atoms with Crippen LogP contribution in [0.25, 0.3) is 86.3 Å². The number of nitrogens with zero attached hydrogens (tertiary/aromatic N) is 1. The molecule has 3 heteroatoms. The zero-order chi connectivity index (χ0) is 36.3. The maximum atomic E-state index is 6.24. The fourth-order valence-corrected chi connectivity index (χ4v) is 9.34. The third kappa shape index (κ3) is 5.40. The van der Waals surface area contributed by atoms with Crippen LogP contribution < -0.4 is 4.90 Å². The van der Waals surface area contributed by atoms with Crippen molar-refractivity contribution in [3.63, 3.8) is 0 Å². The van der Waals surface area contributed by atoms with Crippen LogP contribution in [0.2, 0.25) is 0 Å². The second-order valence-electron chi connectivity index (χ2n) is 14.1. The van der Waals surface area contributed by atoms with Crippen molar-refractivity contribution >= 4 is 81.3 Å². The molecule has 0 radical (unpaired) electrons. The van der Waals surface area contributed by atoms with Crippen LogP contribution in [-0.4, -0.2) is 0 Å². The minimum absolute atomic E-state index is 0.904. The molecule has 2 aromatic heterocycles. The van der Waals surface area contributed by atoms with E-state index in [1.807, 2.05) is 23.5 Å². The van der Waals surface area contributed by atoms with E-state index in [1.54, 1.807) is 0 Å². The van der Waals surface area contributed by atoms with Crippen molar-refractivity contribution in [3.8, 4) is 33.4 Å². The lowest BCUT2D eigenvalue weighted by Crippen LogP contribution is -2.10. The number of furan rings is 1. The van der Waals surface area contributed by atoms with Gasteiger partial charge in [-0.15, -0.1) is 11.3 Å². The minimum atomic E-state index is 0.904. The van der Waals surface area contributed by atoms with Gasteiger partial charge in [0, 0.05) is 48.0 Å². The van der Waals surface area contributed by atoms with Gasteiger partial charge >= 0.3 is 0 Å². The first-order valence-electron chi connectivity index (χ1n) is 18.7. The zero-order valence-electron chi connectivity index (χ0n) is 29.8. The number of hydrogen-bond donors (Lipinski definition) is 0. The maximum absolute atomic E-state index is 6.24. The van der Waals surface area contributed by atoms with Crippen molar-refractivity contribution in [1.29, 1.82) is 0 Å². The van der Waals surface area contributed by atoms with Crippen molar-refractivity contribution in [2.75, 3.05) is 4.90 Å². The van der Waals surface area contributed by atoms with Crippen molar-refractivity contribution in [1.82, 2.24) is 0 Å². The molecular weight excluding hydrogens is 687 g/mol. The van der Waals surface area contributed by atoms with Crippen molar-refractivity contribution in [2.24, 2.45) is 0 Å². The molecule has 2 nitrogen and oxygen atoms in total. The summed E-state index contributed by atoms with van der Waals surface area (Å²) in [4.78, 5) is 2.37. The zero-order valence-corrected chi connectivity index (χ0v) is 30.6. The largest absolute Gasteiger partial charge is 0.456 e. The Bertz CT molecular complexity index is 3200. The summed E-state index contributed by atoms with van der Waals surface area (Å²) in [6.07, 6.45) is 0. The van der Waals surface area contributed by atoms with E-state index in [0.29, 0.717) is 0 Å². The molecule has 0 bridgehead atoms. The van der Waals surface area contributed by atoms with Crippen LogP contribution in [0.5, 0.6) is 0 Å². The van der Waals surface area contributed by atoms with Gasteiger partial charge in [0.15, 0.2) is 0 Å². The van der Waals surface area contributed by atoms with E-state index in [-0.39, 0.29) is 0 Å². The molecule has 0 atom stereocenters. The highest BCUT2D eigenvalue weighted by atomic mass is 32.1.